The fourth-order valence-electron chi connectivity index (χ4n) is 2.65. The number of hydrogen-bond acceptors (Lipinski definition) is 7. The summed E-state index contributed by atoms with van der Waals surface area (Å²) in [7, 11) is 0. The van der Waals surface area contributed by atoms with Crippen LogP contribution in [-0.4, -0.2) is 26.2 Å². The predicted molar refractivity (Wildman–Crippen MR) is 112 cm³/mol. The van der Waals surface area contributed by atoms with E-state index in [2.05, 4.69) is 25.8 Å². The molecule has 1 atom stereocenters. The molecule has 0 bridgehead atoms. The van der Waals surface area contributed by atoms with Gasteiger partial charge in [-0.25, -0.2) is 9.37 Å². The highest BCUT2D eigenvalue weighted by atomic mass is 35.5. The summed E-state index contributed by atoms with van der Waals surface area (Å²) in [6.07, 6.45) is -0.0500. The Morgan fingerprint density at radius 3 is 2.53 bits per heavy atom. The minimum Gasteiger partial charge on any atom is -0.474 e. The van der Waals surface area contributed by atoms with Gasteiger partial charge in [0.05, 0.1) is 22.1 Å². The van der Waals surface area contributed by atoms with E-state index in [0.717, 1.165) is 5.56 Å². The monoisotopic (exact) mass is 434 g/mol. The van der Waals surface area contributed by atoms with Crippen LogP contribution in [0, 0.1) is 15.9 Å². The van der Waals surface area contributed by atoms with Crippen molar-refractivity contribution in [3.8, 4) is 5.88 Å². The van der Waals surface area contributed by atoms with Crippen molar-refractivity contribution in [3.05, 3.63) is 62.9 Å². The SMILES string of the molecule is CC(C)Oc1cc(Nc2nc(N[C@@H](C)c3ccc(F)cc3)c([N+](=O)[O-])cc2Cl)[nH]n1. The highest BCUT2D eigenvalue weighted by molar-refractivity contribution is 6.33. The maximum Gasteiger partial charge on any atom is 0.313 e. The second-order valence-corrected chi connectivity index (χ2v) is 7.18. The highest BCUT2D eigenvalue weighted by Gasteiger charge is 2.22. The van der Waals surface area contributed by atoms with E-state index in [1.165, 1.54) is 18.2 Å². The van der Waals surface area contributed by atoms with Crippen molar-refractivity contribution in [2.75, 3.05) is 10.6 Å². The molecular weight excluding hydrogens is 415 g/mol. The van der Waals surface area contributed by atoms with E-state index in [1.54, 1.807) is 25.1 Å². The summed E-state index contributed by atoms with van der Waals surface area (Å²) in [5, 5.41) is 24.2. The largest absolute Gasteiger partial charge is 0.474 e. The minimum absolute atomic E-state index is 0.0156. The molecule has 3 aromatic rings. The first-order valence-electron chi connectivity index (χ1n) is 9.09. The van der Waals surface area contributed by atoms with Crippen LogP contribution >= 0.6 is 11.6 Å². The molecule has 0 aliphatic carbocycles. The fraction of sp³-hybridized carbons (Fsp3) is 0.263. The number of aromatic amines is 1. The smallest absolute Gasteiger partial charge is 0.313 e. The van der Waals surface area contributed by atoms with Crippen molar-refractivity contribution in [2.24, 2.45) is 0 Å². The quantitative estimate of drug-likeness (QED) is 0.329. The third-order valence-corrected chi connectivity index (χ3v) is 4.33. The van der Waals surface area contributed by atoms with Gasteiger partial charge in [0.1, 0.15) is 11.6 Å². The number of nitro groups is 1. The molecule has 158 valence electrons. The molecule has 0 amide bonds. The van der Waals surface area contributed by atoms with Gasteiger partial charge in [-0.15, -0.1) is 5.10 Å². The lowest BCUT2D eigenvalue weighted by Crippen LogP contribution is -2.11. The van der Waals surface area contributed by atoms with Crippen LogP contribution in [0.1, 0.15) is 32.4 Å². The van der Waals surface area contributed by atoms with E-state index < -0.39 is 4.92 Å². The molecular formula is C19H20ClFN6O3. The molecule has 2 heterocycles. The van der Waals surface area contributed by atoms with Gasteiger partial charge in [-0.3, -0.25) is 15.2 Å². The van der Waals surface area contributed by atoms with Crippen LogP contribution in [0.4, 0.5) is 27.5 Å². The van der Waals surface area contributed by atoms with Crippen molar-refractivity contribution in [2.45, 2.75) is 32.9 Å². The average Bonchev–Trinajstić information content (AvgIpc) is 3.10. The molecule has 0 aliphatic heterocycles. The van der Waals surface area contributed by atoms with E-state index in [-0.39, 0.29) is 40.3 Å². The van der Waals surface area contributed by atoms with Gasteiger partial charge in [0.25, 0.3) is 0 Å². The topological polar surface area (TPSA) is 118 Å². The lowest BCUT2D eigenvalue weighted by Gasteiger charge is -2.16. The standard InChI is InChI=1S/C19H20ClFN6O3/c1-10(2)30-17-9-16(25-26-17)23-18-14(20)8-15(27(28)29)19(24-18)22-11(3)12-4-6-13(21)7-5-12/h4-11H,1-3H3,(H3,22,23,24,25,26)/t11-/m0/s1. The first-order chi connectivity index (χ1) is 14.2. The molecule has 3 N–H and O–H groups in total. The van der Waals surface area contributed by atoms with E-state index in [1.807, 2.05) is 13.8 Å². The fourth-order valence-corrected chi connectivity index (χ4v) is 2.84. The van der Waals surface area contributed by atoms with E-state index in [4.69, 9.17) is 16.3 Å². The van der Waals surface area contributed by atoms with Gasteiger partial charge in [-0.1, -0.05) is 23.7 Å². The van der Waals surface area contributed by atoms with Crippen LogP contribution in [0.25, 0.3) is 0 Å². The van der Waals surface area contributed by atoms with E-state index >= 15 is 0 Å². The first-order valence-corrected chi connectivity index (χ1v) is 9.46. The second-order valence-electron chi connectivity index (χ2n) is 6.77. The third kappa shape index (κ3) is 5.15. The zero-order valence-electron chi connectivity index (χ0n) is 16.4. The summed E-state index contributed by atoms with van der Waals surface area (Å²) in [4.78, 5) is 15.2. The van der Waals surface area contributed by atoms with Crippen LogP contribution in [0.3, 0.4) is 0 Å². The first kappa shape index (κ1) is 21.3. The molecule has 11 heteroatoms. The highest BCUT2D eigenvalue weighted by Crippen LogP contribution is 2.34. The molecule has 0 saturated carbocycles. The minimum atomic E-state index is -0.576. The van der Waals surface area contributed by atoms with Gasteiger partial charge < -0.3 is 15.4 Å². The van der Waals surface area contributed by atoms with E-state index in [9.17, 15) is 14.5 Å². The Hall–Kier alpha value is -3.40. The number of nitrogens with one attached hydrogen (secondary N) is 3. The van der Waals surface area contributed by atoms with Crippen LogP contribution in [0.2, 0.25) is 5.02 Å². The number of H-pyrrole nitrogens is 1. The van der Waals surface area contributed by atoms with Gasteiger partial charge in [-0.2, -0.15) is 0 Å². The van der Waals surface area contributed by atoms with Crippen molar-refractivity contribution in [1.82, 2.24) is 15.2 Å². The molecule has 1 aromatic carbocycles. The summed E-state index contributed by atoms with van der Waals surface area (Å²) in [6, 6.07) is 8.28. The molecule has 0 fully saturated rings. The number of halogens is 2. The number of hydrogen-bond donors (Lipinski definition) is 3. The number of pyridine rings is 1. The van der Waals surface area contributed by atoms with Gasteiger partial charge in [0, 0.05) is 12.1 Å². The van der Waals surface area contributed by atoms with Crippen LogP contribution < -0.4 is 15.4 Å². The zero-order chi connectivity index (χ0) is 21.8. The van der Waals surface area contributed by atoms with Gasteiger partial charge in [0.15, 0.2) is 5.82 Å². The number of aromatic nitrogens is 3. The Kier molecular flexibility index (Phi) is 6.36. The van der Waals surface area contributed by atoms with Crippen LogP contribution in [-0.2, 0) is 0 Å². The molecule has 0 spiro atoms. The summed E-state index contributed by atoms with van der Waals surface area (Å²) in [6.45, 7) is 5.53. The molecule has 3 rings (SSSR count). The Morgan fingerprint density at radius 1 is 1.20 bits per heavy atom. The predicted octanol–water partition coefficient (Wildman–Crippen LogP) is 5.21. The van der Waals surface area contributed by atoms with Gasteiger partial charge in [-0.05, 0) is 38.5 Å². The summed E-state index contributed by atoms with van der Waals surface area (Å²) < 4.78 is 18.6. The number of ether oxygens (including phenoxy) is 1. The lowest BCUT2D eigenvalue weighted by atomic mass is 10.1. The zero-order valence-corrected chi connectivity index (χ0v) is 17.2. The Bertz CT molecular complexity index is 1040. The number of anilines is 3. The second kappa shape index (κ2) is 8.95. The maximum atomic E-state index is 13.2. The van der Waals surface area contributed by atoms with Crippen molar-refractivity contribution < 1.29 is 14.1 Å². The van der Waals surface area contributed by atoms with Crippen molar-refractivity contribution >= 4 is 34.7 Å². The molecule has 0 aliphatic rings. The van der Waals surface area contributed by atoms with Crippen LogP contribution in [0.15, 0.2) is 36.4 Å². The molecule has 2 aromatic heterocycles. The van der Waals surface area contributed by atoms with Crippen molar-refractivity contribution in [3.63, 3.8) is 0 Å². The third-order valence-electron chi connectivity index (χ3n) is 4.04. The summed E-state index contributed by atoms with van der Waals surface area (Å²) in [5.41, 5.74) is 0.453. The average molecular weight is 435 g/mol. The Labute approximate surface area is 176 Å². The summed E-state index contributed by atoms with van der Waals surface area (Å²) in [5.74, 6) is 0.673. The van der Waals surface area contributed by atoms with E-state index in [0.29, 0.717) is 11.7 Å². The Morgan fingerprint density at radius 2 is 1.90 bits per heavy atom. The molecule has 0 radical (unpaired) electrons. The molecule has 30 heavy (non-hydrogen) atoms. The number of benzene rings is 1. The normalized spacial score (nSPS) is 11.9. The number of rotatable bonds is 8. The lowest BCUT2D eigenvalue weighted by molar-refractivity contribution is -0.384. The maximum absolute atomic E-state index is 13.2. The molecule has 0 unspecified atom stereocenters. The summed E-state index contributed by atoms with van der Waals surface area (Å²) >= 11 is 6.19. The number of nitrogens with zero attached hydrogens (tertiary/aromatic N) is 3. The van der Waals surface area contributed by atoms with Gasteiger partial charge >= 0.3 is 5.69 Å². The molecule has 9 nitrogen and oxygen atoms in total. The Balaban J connectivity index is 1.87. The van der Waals surface area contributed by atoms with Crippen LogP contribution in [0.5, 0.6) is 5.88 Å². The molecule has 0 saturated heterocycles. The van der Waals surface area contributed by atoms with Gasteiger partial charge in [0.2, 0.25) is 11.7 Å². The van der Waals surface area contributed by atoms with Crippen molar-refractivity contribution in [1.29, 1.82) is 0 Å².